The monoisotopic (exact) mass is 487 g/mol. The van der Waals surface area contributed by atoms with Crippen LogP contribution in [0, 0.1) is 6.92 Å². The van der Waals surface area contributed by atoms with E-state index in [1.165, 1.54) is 23.1 Å². The van der Waals surface area contributed by atoms with Crippen molar-refractivity contribution < 1.29 is 9.21 Å². The van der Waals surface area contributed by atoms with Crippen molar-refractivity contribution in [1.82, 2.24) is 20.4 Å². The van der Waals surface area contributed by atoms with E-state index in [4.69, 9.17) is 4.42 Å². The molecule has 0 saturated heterocycles. The number of aromatic nitrogens is 4. The van der Waals surface area contributed by atoms with E-state index in [-0.39, 0.29) is 5.91 Å². The molecule has 0 bridgehead atoms. The second-order valence-electron chi connectivity index (χ2n) is 5.91. The van der Waals surface area contributed by atoms with E-state index in [0.717, 1.165) is 15.6 Å². The lowest BCUT2D eigenvalue weighted by molar-refractivity contribution is 0.102. The zero-order valence-electron chi connectivity index (χ0n) is 15.1. The van der Waals surface area contributed by atoms with Crippen molar-refractivity contribution in [3.63, 3.8) is 0 Å². The minimum Gasteiger partial charge on any atom is -0.420 e. The van der Waals surface area contributed by atoms with Crippen LogP contribution in [0.5, 0.6) is 0 Å². The number of hydrogen-bond donors (Lipinski definition) is 1. The number of nitrogens with one attached hydrogen (secondary N) is 1. The van der Waals surface area contributed by atoms with Crippen LogP contribution >= 0.6 is 39.0 Å². The number of halogens is 1. The molecule has 146 valence electrons. The number of thioether (sulfide) groups is 1. The SMILES string of the molecule is Cc1ccccc1-c1nnc(CSc2nnc(NC(=O)c3ccccc3Br)s2)o1. The second-order valence-corrected chi connectivity index (χ2v) is 8.97. The molecule has 0 atom stereocenters. The third kappa shape index (κ3) is 4.72. The summed E-state index contributed by atoms with van der Waals surface area (Å²) in [5.74, 6) is 1.22. The fourth-order valence-electron chi connectivity index (χ4n) is 2.49. The summed E-state index contributed by atoms with van der Waals surface area (Å²) >= 11 is 6.08. The fraction of sp³-hybridized carbons (Fsp3) is 0.105. The molecule has 29 heavy (non-hydrogen) atoms. The quantitative estimate of drug-likeness (QED) is 0.294. The van der Waals surface area contributed by atoms with Gasteiger partial charge in [0.2, 0.25) is 16.9 Å². The molecule has 4 aromatic rings. The van der Waals surface area contributed by atoms with E-state index in [0.29, 0.717) is 32.6 Å². The van der Waals surface area contributed by atoms with Crippen LogP contribution in [0.15, 0.2) is 61.8 Å². The molecule has 4 rings (SSSR count). The molecule has 0 fully saturated rings. The lowest BCUT2D eigenvalue weighted by Crippen LogP contribution is -2.12. The molecular formula is C19H14BrN5O2S2. The van der Waals surface area contributed by atoms with Gasteiger partial charge in [0, 0.05) is 10.0 Å². The first-order valence-electron chi connectivity index (χ1n) is 8.51. The highest BCUT2D eigenvalue weighted by atomic mass is 79.9. The molecular weight excluding hydrogens is 474 g/mol. The van der Waals surface area contributed by atoms with Crippen molar-refractivity contribution in [1.29, 1.82) is 0 Å². The number of benzene rings is 2. The van der Waals surface area contributed by atoms with Crippen molar-refractivity contribution in [2.75, 3.05) is 5.32 Å². The predicted molar refractivity (Wildman–Crippen MR) is 116 cm³/mol. The topological polar surface area (TPSA) is 93.8 Å². The zero-order valence-corrected chi connectivity index (χ0v) is 18.3. The van der Waals surface area contributed by atoms with Gasteiger partial charge in [-0.1, -0.05) is 53.4 Å². The number of nitrogens with zero attached hydrogens (tertiary/aromatic N) is 4. The highest BCUT2D eigenvalue weighted by Crippen LogP contribution is 2.30. The van der Waals surface area contributed by atoms with Crippen LogP contribution in [-0.4, -0.2) is 26.3 Å². The smallest absolute Gasteiger partial charge is 0.258 e. The maximum Gasteiger partial charge on any atom is 0.258 e. The molecule has 1 amide bonds. The summed E-state index contributed by atoms with van der Waals surface area (Å²) in [6.45, 7) is 2.00. The van der Waals surface area contributed by atoms with Gasteiger partial charge in [0.15, 0.2) is 4.34 Å². The molecule has 7 nitrogen and oxygen atoms in total. The van der Waals surface area contributed by atoms with E-state index >= 15 is 0 Å². The van der Waals surface area contributed by atoms with Crippen LogP contribution < -0.4 is 5.32 Å². The number of carbonyl (C=O) groups is 1. The lowest BCUT2D eigenvalue weighted by Gasteiger charge is -2.02. The van der Waals surface area contributed by atoms with E-state index in [2.05, 4.69) is 41.6 Å². The number of rotatable bonds is 6. The molecule has 0 aliphatic heterocycles. The molecule has 2 heterocycles. The molecule has 0 radical (unpaired) electrons. The van der Waals surface area contributed by atoms with Crippen LogP contribution in [0.1, 0.15) is 21.8 Å². The van der Waals surface area contributed by atoms with Crippen LogP contribution in [-0.2, 0) is 5.75 Å². The molecule has 0 unspecified atom stereocenters. The van der Waals surface area contributed by atoms with Gasteiger partial charge >= 0.3 is 0 Å². The van der Waals surface area contributed by atoms with Gasteiger partial charge in [0.25, 0.3) is 5.91 Å². The maximum absolute atomic E-state index is 12.3. The predicted octanol–water partition coefficient (Wildman–Crippen LogP) is 5.20. The Morgan fingerprint density at radius 1 is 1.10 bits per heavy atom. The Morgan fingerprint density at radius 2 is 1.90 bits per heavy atom. The van der Waals surface area contributed by atoms with Gasteiger partial charge in [-0.2, -0.15) is 0 Å². The third-order valence-electron chi connectivity index (χ3n) is 3.91. The highest BCUT2D eigenvalue weighted by Gasteiger charge is 2.15. The van der Waals surface area contributed by atoms with Gasteiger partial charge in [-0.25, -0.2) is 0 Å². The average Bonchev–Trinajstić information content (AvgIpc) is 3.36. The Labute approximate surface area is 183 Å². The Bertz CT molecular complexity index is 1160. The Kier molecular flexibility index (Phi) is 6.02. The average molecular weight is 488 g/mol. The number of aryl methyl sites for hydroxylation is 1. The standard InChI is InChI=1S/C19H14BrN5O2S2/c1-11-6-2-3-7-12(11)17-23-22-15(27-17)10-28-19-25-24-18(29-19)21-16(26)13-8-4-5-9-14(13)20/h2-9H,10H2,1H3,(H,21,24,26). The summed E-state index contributed by atoms with van der Waals surface area (Å²) in [5.41, 5.74) is 2.53. The number of hydrogen-bond acceptors (Lipinski definition) is 8. The summed E-state index contributed by atoms with van der Waals surface area (Å²) in [7, 11) is 0. The highest BCUT2D eigenvalue weighted by molar-refractivity contribution is 9.10. The van der Waals surface area contributed by atoms with Gasteiger partial charge in [-0.3, -0.25) is 10.1 Å². The fourth-order valence-corrected chi connectivity index (χ4v) is 4.53. The molecule has 1 N–H and O–H groups in total. The Hall–Kier alpha value is -2.56. The van der Waals surface area contributed by atoms with Gasteiger partial charge in [-0.05, 0) is 46.6 Å². The molecule has 0 saturated carbocycles. The minimum absolute atomic E-state index is 0.245. The molecule has 10 heteroatoms. The van der Waals surface area contributed by atoms with Crippen LogP contribution in [0.2, 0.25) is 0 Å². The van der Waals surface area contributed by atoms with E-state index in [9.17, 15) is 4.79 Å². The van der Waals surface area contributed by atoms with Crippen molar-refractivity contribution in [2.24, 2.45) is 0 Å². The summed E-state index contributed by atoms with van der Waals surface area (Å²) in [5, 5.41) is 19.5. The molecule has 2 aromatic carbocycles. The number of carbonyl (C=O) groups excluding carboxylic acids is 1. The van der Waals surface area contributed by atoms with E-state index in [1.807, 2.05) is 43.3 Å². The van der Waals surface area contributed by atoms with Gasteiger partial charge in [0.05, 0.1) is 11.3 Å². The Balaban J connectivity index is 1.37. The molecule has 2 aromatic heterocycles. The maximum atomic E-state index is 12.3. The first-order valence-corrected chi connectivity index (χ1v) is 11.1. The third-order valence-corrected chi connectivity index (χ3v) is 6.56. The van der Waals surface area contributed by atoms with Crippen molar-refractivity contribution in [3.05, 3.63) is 70.0 Å². The minimum atomic E-state index is -0.245. The second kappa shape index (κ2) is 8.85. The van der Waals surface area contributed by atoms with Crippen LogP contribution in [0.3, 0.4) is 0 Å². The zero-order chi connectivity index (χ0) is 20.2. The largest absolute Gasteiger partial charge is 0.420 e. The van der Waals surface area contributed by atoms with Crippen molar-refractivity contribution in [3.8, 4) is 11.5 Å². The normalized spacial score (nSPS) is 10.8. The Morgan fingerprint density at radius 3 is 2.72 bits per heavy atom. The van der Waals surface area contributed by atoms with Gasteiger partial charge in [-0.15, -0.1) is 20.4 Å². The van der Waals surface area contributed by atoms with E-state index in [1.54, 1.807) is 12.1 Å². The van der Waals surface area contributed by atoms with Crippen molar-refractivity contribution >= 4 is 50.1 Å². The molecule has 0 aliphatic rings. The lowest BCUT2D eigenvalue weighted by atomic mass is 10.1. The summed E-state index contributed by atoms with van der Waals surface area (Å²) in [6, 6.07) is 15.0. The van der Waals surface area contributed by atoms with Crippen LogP contribution in [0.4, 0.5) is 5.13 Å². The first-order chi connectivity index (χ1) is 14.1. The molecule has 0 aliphatic carbocycles. The van der Waals surface area contributed by atoms with Crippen LogP contribution in [0.25, 0.3) is 11.5 Å². The van der Waals surface area contributed by atoms with Gasteiger partial charge in [0.1, 0.15) is 0 Å². The summed E-state index contributed by atoms with van der Waals surface area (Å²) in [6.07, 6.45) is 0. The summed E-state index contributed by atoms with van der Waals surface area (Å²) < 4.78 is 7.17. The molecule has 0 spiro atoms. The first kappa shape index (κ1) is 19.7. The number of anilines is 1. The van der Waals surface area contributed by atoms with Gasteiger partial charge < -0.3 is 4.42 Å². The summed E-state index contributed by atoms with van der Waals surface area (Å²) in [4.78, 5) is 12.3. The number of amides is 1. The van der Waals surface area contributed by atoms with E-state index < -0.39 is 0 Å². The van der Waals surface area contributed by atoms with Crippen molar-refractivity contribution in [2.45, 2.75) is 17.0 Å².